The van der Waals surface area contributed by atoms with Crippen molar-refractivity contribution in [1.82, 2.24) is 5.32 Å². The maximum Gasteiger partial charge on any atom is 0.0616 e. The molecule has 0 bridgehead atoms. The summed E-state index contributed by atoms with van der Waals surface area (Å²) in [6.45, 7) is 4.70. The van der Waals surface area contributed by atoms with Crippen molar-refractivity contribution in [3.8, 4) is 0 Å². The minimum absolute atomic E-state index is 0.0160. The van der Waals surface area contributed by atoms with E-state index in [1.807, 2.05) is 0 Å². The van der Waals surface area contributed by atoms with Gasteiger partial charge >= 0.3 is 0 Å². The van der Waals surface area contributed by atoms with Crippen molar-refractivity contribution in [3.05, 3.63) is 0 Å². The van der Waals surface area contributed by atoms with Crippen LogP contribution in [0.15, 0.2) is 0 Å². The zero-order valence-corrected chi connectivity index (χ0v) is 14.2. The Morgan fingerprint density at radius 1 is 1.20 bits per heavy atom. The summed E-state index contributed by atoms with van der Waals surface area (Å²) >= 11 is 2.16. The van der Waals surface area contributed by atoms with Gasteiger partial charge in [0.1, 0.15) is 0 Å². The van der Waals surface area contributed by atoms with Gasteiger partial charge < -0.3 is 10.4 Å². The molecule has 2 nitrogen and oxygen atoms in total. The number of thioether (sulfide) groups is 1. The van der Waals surface area contributed by atoms with Crippen LogP contribution in [0, 0.1) is 11.8 Å². The van der Waals surface area contributed by atoms with Gasteiger partial charge in [0.05, 0.1) is 6.61 Å². The van der Waals surface area contributed by atoms with Crippen LogP contribution in [0.5, 0.6) is 0 Å². The molecule has 2 atom stereocenters. The summed E-state index contributed by atoms with van der Waals surface area (Å²) in [5, 5.41) is 13.6. The van der Waals surface area contributed by atoms with Crippen molar-refractivity contribution >= 4 is 11.8 Å². The smallest absolute Gasteiger partial charge is 0.0616 e. The summed E-state index contributed by atoms with van der Waals surface area (Å²) in [5.74, 6) is 4.32. The number of aliphatic hydroxyl groups is 1. The van der Waals surface area contributed by atoms with Crippen molar-refractivity contribution in [3.63, 3.8) is 0 Å². The molecule has 2 unspecified atom stereocenters. The van der Waals surface area contributed by atoms with Gasteiger partial charge in [-0.1, -0.05) is 33.1 Å². The van der Waals surface area contributed by atoms with Crippen LogP contribution in [0.2, 0.25) is 0 Å². The van der Waals surface area contributed by atoms with E-state index in [2.05, 4.69) is 30.9 Å². The van der Waals surface area contributed by atoms with Gasteiger partial charge in [0.25, 0.3) is 0 Å². The number of nitrogens with one attached hydrogen (secondary N) is 1. The van der Waals surface area contributed by atoms with Gasteiger partial charge in [-0.15, -0.1) is 0 Å². The van der Waals surface area contributed by atoms with E-state index in [0.29, 0.717) is 18.6 Å². The third-order valence-corrected chi connectivity index (χ3v) is 6.49. The van der Waals surface area contributed by atoms with Gasteiger partial charge in [-0.05, 0) is 55.4 Å². The van der Waals surface area contributed by atoms with Crippen LogP contribution >= 0.6 is 11.8 Å². The van der Waals surface area contributed by atoms with Crippen LogP contribution in [0.3, 0.4) is 0 Å². The Kier molecular flexibility index (Phi) is 6.70. The normalized spacial score (nSPS) is 31.5. The highest BCUT2D eigenvalue weighted by Crippen LogP contribution is 2.39. The van der Waals surface area contributed by atoms with Crippen LogP contribution in [0.1, 0.15) is 65.2 Å². The van der Waals surface area contributed by atoms with E-state index in [4.69, 9.17) is 0 Å². The van der Waals surface area contributed by atoms with Crippen LogP contribution < -0.4 is 5.32 Å². The van der Waals surface area contributed by atoms with Gasteiger partial charge in [0.2, 0.25) is 0 Å². The van der Waals surface area contributed by atoms with Crippen molar-refractivity contribution < 1.29 is 5.11 Å². The van der Waals surface area contributed by atoms with Crippen LogP contribution in [0.25, 0.3) is 0 Å². The molecule has 2 aliphatic rings. The van der Waals surface area contributed by atoms with Gasteiger partial charge in [0.15, 0.2) is 0 Å². The van der Waals surface area contributed by atoms with Gasteiger partial charge in [-0.3, -0.25) is 0 Å². The third-order valence-electron chi connectivity index (χ3n) is 5.25. The van der Waals surface area contributed by atoms with Crippen LogP contribution in [0.4, 0.5) is 0 Å². The molecular formula is C17H33NOS. The molecule has 0 amide bonds. The zero-order valence-electron chi connectivity index (χ0n) is 13.4. The molecule has 2 saturated carbocycles. The van der Waals surface area contributed by atoms with Crippen molar-refractivity contribution in [2.24, 2.45) is 11.8 Å². The first-order chi connectivity index (χ1) is 9.66. The molecule has 0 aromatic rings. The number of rotatable bonds is 8. The fourth-order valence-electron chi connectivity index (χ4n) is 4.24. The molecular weight excluding hydrogens is 266 g/mol. The van der Waals surface area contributed by atoms with E-state index in [0.717, 1.165) is 12.3 Å². The molecule has 2 rings (SSSR count). The average Bonchev–Trinajstić information content (AvgIpc) is 3.04. The second-order valence-electron chi connectivity index (χ2n) is 7.22. The van der Waals surface area contributed by atoms with Crippen molar-refractivity contribution in [1.29, 1.82) is 0 Å². The summed E-state index contributed by atoms with van der Waals surface area (Å²) in [5.41, 5.74) is 0.0160. The van der Waals surface area contributed by atoms with E-state index in [9.17, 15) is 5.11 Å². The predicted molar refractivity (Wildman–Crippen MR) is 89.3 cm³/mol. The first-order valence-corrected chi connectivity index (χ1v) is 9.78. The monoisotopic (exact) mass is 299 g/mol. The zero-order chi connectivity index (χ0) is 14.4. The van der Waals surface area contributed by atoms with E-state index >= 15 is 0 Å². The van der Waals surface area contributed by atoms with Gasteiger partial charge in [-0.2, -0.15) is 11.8 Å². The highest BCUT2D eigenvalue weighted by Gasteiger charge is 2.41. The molecule has 118 valence electrons. The second kappa shape index (κ2) is 8.05. The van der Waals surface area contributed by atoms with Gasteiger partial charge in [0, 0.05) is 11.6 Å². The number of hydrogen-bond acceptors (Lipinski definition) is 3. The lowest BCUT2D eigenvalue weighted by Crippen LogP contribution is -2.54. The maximum absolute atomic E-state index is 9.90. The highest BCUT2D eigenvalue weighted by atomic mass is 32.2. The van der Waals surface area contributed by atoms with E-state index in [1.165, 1.54) is 56.5 Å². The molecule has 0 spiro atoms. The van der Waals surface area contributed by atoms with Crippen LogP contribution in [-0.2, 0) is 0 Å². The van der Waals surface area contributed by atoms with Gasteiger partial charge in [-0.25, -0.2) is 0 Å². The Bertz CT molecular complexity index is 278. The number of aliphatic hydroxyl groups excluding tert-OH is 1. The standard InChI is InChI=1S/C17H33NOS/c1-14(2)18-17(13-19)10-5-8-16(17)9-11-20-12-15-6-3-4-7-15/h14-16,18-19H,3-13H2,1-2H3. The Balaban J connectivity index is 1.72. The number of hydrogen-bond donors (Lipinski definition) is 2. The molecule has 2 fully saturated rings. The summed E-state index contributed by atoms with van der Waals surface area (Å²) in [4.78, 5) is 0. The Labute approximate surface area is 129 Å². The second-order valence-corrected chi connectivity index (χ2v) is 8.37. The topological polar surface area (TPSA) is 32.3 Å². The minimum Gasteiger partial charge on any atom is -0.394 e. The highest BCUT2D eigenvalue weighted by molar-refractivity contribution is 7.99. The van der Waals surface area contributed by atoms with Crippen molar-refractivity contribution in [2.45, 2.75) is 76.8 Å². The summed E-state index contributed by atoms with van der Waals surface area (Å²) in [7, 11) is 0. The quantitative estimate of drug-likeness (QED) is 0.668. The lowest BCUT2D eigenvalue weighted by atomic mass is 9.85. The van der Waals surface area contributed by atoms with E-state index in [-0.39, 0.29) is 5.54 Å². The minimum atomic E-state index is 0.0160. The molecule has 2 aliphatic carbocycles. The average molecular weight is 300 g/mol. The third kappa shape index (κ3) is 4.38. The molecule has 0 aromatic carbocycles. The van der Waals surface area contributed by atoms with E-state index < -0.39 is 0 Å². The first-order valence-electron chi connectivity index (χ1n) is 8.62. The molecule has 2 N–H and O–H groups in total. The summed E-state index contributed by atoms with van der Waals surface area (Å²) in [6, 6.07) is 0.467. The van der Waals surface area contributed by atoms with Crippen LogP contribution in [-0.4, -0.2) is 34.8 Å². The molecule has 3 heteroatoms. The Morgan fingerprint density at radius 2 is 1.95 bits per heavy atom. The lowest BCUT2D eigenvalue weighted by Gasteiger charge is -2.37. The predicted octanol–water partition coefficient (Wildman–Crippen LogP) is 3.83. The molecule has 0 aromatic heterocycles. The Morgan fingerprint density at radius 3 is 2.60 bits per heavy atom. The summed E-state index contributed by atoms with van der Waals surface area (Å²) < 4.78 is 0. The summed E-state index contributed by atoms with van der Waals surface area (Å²) in [6.07, 6.45) is 10.8. The fourth-order valence-corrected chi connectivity index (χ4v) is 5.52. The molecule has 20 heavy (non-hydrogen) atoms. The first kappa shape index (κ1) is 16.6. The molecule has 0 radical (unpaired) electrons. The Hall–Kier alpha value is 0.270. The van der Waals surface area contributed by atoms with E-state index in [1.54, 1.807) is 0 Å². The molecule has 0 heterocycles. The lowest BCUT2D eigenvalue weighted by molar-refractivity contribution is 0.113. The molecule has 0 aliphatic heterocycles. The largest absolute Gasteiger partial charge is 0.394 e. The van der Waals surface area contributed by atoms with Crippen molar-refractivity contribution in [2.75, 3.05) is 18.1 Å². The molecule has 0 saturated heterocycles. The fraction of sp³-hybridized carbons (Fsp3) is 1.00. The maximum atomic E-state index is 9.90. The SMILES string of the molecule is CC(C)NC1(CO)CCCC1CCSCC1CCCC1.